The molecule has 4 nitrogen and oxygen atoms in total. The maximum absolute atomic E-state index is 12.1. The van der Waals surface area contributed by atoms with Gasteiger partial charge in [0.05, 0.1) is 5.75 Å². The van der Waals surface area contributed by atoms with Crippen molar-refractivity contribution in [2.45, 2.75) is 44.2 Å². The average molecular weight is 314 g/mol. The highest BCUT2D eigenvalue weighted by Crippen LogP contribution is 2.81. The van der Waals surface area contributed by atoms with Crippen molar-refractivity contribution >= 4 is 33.2 Å². The first kappa shape index (κ1) is 13.4. The first-order valence-electron chi connectivity index (χ1n) is 6.11. The van der Waals surface area contributed by atoms with E-state index >= 15 is 0 Å². The average Bonchev–Trinajstić information content (AvgIpc) is 2.96. The van der Waals surface area contributed by atoms with Gasteiger partial charge in [-0.3, -0.25) is 4.84 Å². The molecule has 2 heterocycles. The molecule has 7 heteroatoms. The van der Waals surface area contributed by atoms with E-state index in [0.29, 0.717) is 6.42 Å². The van der Waals surface area contributed by atoms with Crippen LogP contribution < -0.4 is 0 Å². The number of sulfonamides is 1. The van der Waals surface area contributed by atoms with Crippen molar-refractivity contribution in [1.82, 2.24) is 4.47 Å². The van der Waals surface area contributed by atoms with Gasteiger partial charge in [0.2, 0.25) is 15.7 Å². The van der Waals surface area contributed by atoms with E-state index in [4.69, 9.17) is 28.0 Å². The minimum absolute atomic E-state index is 0.0613. The van der Waals surface area contributed by atoms with Crippen molar-refractivity contribution in [1.29, 1.82) is 0 Å². The molecule has 0 bridgehead atoms. The molecule has 3 rings (SSSR count). The molecule has 2 saturated heterocycles. The minimum atomic E-state index is -3.41. The molecule has 2 aliphatic heterocycles. The molecular formula is C11H17Cl2NO3S. The summed E-state index contributed by atoms with van der Waals surface area (Å²) in [5, 5.41) is 0. The second-order valence-corrected chi connectivity index (χ2v) is 9.39. The Morgan fingerprint density at radius 1 is 1.39 bits per heavy atom. The van der Waals surface area contributed by atoms with Crippen molar-refractivity contribution in [3.05, 3.63) is 0 Å². The fourth-order valence-corrected chi connectivity index (χ4v) is 7.84. The third-order valence-electron chi connectivity index (χ3n) is 5.68. The van der Waals surface area contributed by atoms with Crippen LogP contribution in [0.25, 0.3) is 0 Å². The Balaban J connectivity index is 2.31. The fraction of sp³-hybridized carbons (Fsp3) is 1.00. The molecule has 1 saturated carbocycles. The summed E-state index contributed by atoms with van der Waals surface area (Å²) in [5.74, 6) is 0.00320. The van der Waals surface area contributed by atoms with Gasteiger partial charge in [0, 0.05) is 5.41 Å². The van der Waals surface area contributed by atoms with Gasteiger partial charge in [-0.05, 0) is 22.2 Å². The molecule has 4 atom stereocenters. The SMILES string of the molecule is CCC12CS(=O)(=O)N3O[C@]31C(Cl)(Cl)[C@@H](C)C2(C)C. The van der Waals surface area contributed by atoms with Crippen LogP contribution in [-0.4, -0.2) is 28.7 Å². The van der Waals surface area contributed by atoms with E-state index in [1.165, 1.54) is 0 Å². The summed E-state index contributed by atoms with van der Waals surface area (Å²) in [5.41, 5.74) is -1.94. The smallest absolute Gasteiger partial charge is 0.239 e. The van der Waals surface area contributed by atoms with E-state index in [-0.39, 0.29) is 17.1 Å². The molecule has 2 unspecified atom stereocenters. The quantitative estimate of drug-likeness (QED) is 0.552. The number of hydroxylamine groups is 1. The maximum atomic E-state index is 12.1. The lowest BCUT2D eigenvalue weighted by Gasteiger charge is -2.40. The van der Waals surface area contributed by atoms with E-state index in [0.717, 1.165) is 4.47 Å². The molecule has 104 valence electrons. The van der Waals surface area contributed by atoms with Crippen LogP contribution in [0.1, 0.15) is 34.1 Å². The van der Waals surface area contributed by atoms with Crippen LogP contribution in [0.5, 0.6) is 0 Å². The molecule has 0 aromatic rings. The Morgan fingerprint density at radius 3 is 2.33 bits per heavy atom. The molecule has 3 aliphatic rings. The van der Waals surface area contributed by atoms with Gasteiger partial charge in [-0.15, -0.1) is 0 Å². The van der Waals surface area contributed by atoms with Crippen LogP contribution in [0.2, 0.25) is 0 Å². The van der Waals surface area contributed by atoms with Gasteiger partial charge in [0.15, 0.2) is 4.33 Å². The normalized spacial score (nSPS) is 53.9. The highest BCUT2D eigenvalue weighted by molar-refractivity contribution is 7.89. The van der Waals surface area contributed by atoms with E-state index < -0.39 is 25.5 Å². The zero-order valence-corrected chi connectivity index (χ0v) is 13.2. The van der Waals surface area contributed by atoms with E-state index in [1.54, 1.807) is 0 Å². The van der Waals surface area contributed by atoms with Crippen LogP contribution in [0.4, 0.5) is 0 Å². The van der Waals surface area contributed by atoms with Gasteiger partial charge in [-0.25, -0.2) is 8.42 Å². The van der Waals surface area contributed by atoms with Crippen molar-refractivity contribution < 1.29 is 13.3 Å². The summed E-state index contributed by atoms with van der Waals surface area (Å²) in [7, 11) is -3.41. The van der Waals surface area contributed by atoms with E-state index in [1.807, 2.05) is 27.7 Å². The first-order valence-corrected chi connectivity index (χ1v) is 8.48. The van der Waals surface area contributed by atoms with Gasteiger partial charge < -0.3 is 0 Å². The predicted octanol–water partition coefficient (Wildman–Crippen LogP) is 2.52. The Labute approximate surface area is 118 Å². The lowest BCUT2D eigenvalue weighted by atomic mass is 9.63. The molecule has 1 spiro atoms. The van der Waals surface area contributed by atoms with Crippen LogP contribution in [-0.2, 0) is 14.9 Å². The first-order chi connectivity index (χ1) is 8.01. The van der Waals surface area contributed by atoms with Gasteiger partial charge in [0.1, 0.15) is 0 Å². The summed E-state index contributed by atoms with van der Waals surface area (Å²) in [6.45, 7) is 8.02. The van der Waals surface area contributed by atoms with Crippen LogP contribution >= 0.6 is 23.2 Å². The third-order valence-corrected chi connectivity index (χ3v) is 8.55. The van der Waals surface area contributed by atoms with Crippen molar-refractivity contribution in [3.63, 3.8) is 0 Å². The standard InChI is InChI=1S/C11H17Cl2NO3S/c1-5-9-6-18(15,16)14-11(9,17-14)10(12,13)7(2)8(9,3)4/h7H,5-6H2,1-4H3/t7-,9?,11+,14?/m0/s1. The summed E-state index contributed by atoms with van der Waals surface area (Å²) in [4.78, 5) is 5.48. The van der Waals surface area contributed by atoms with Crippen molar-refractivity contribution in [2.75, 3.05) is 5.75 Å². The monoisotopic (exact) mass is 313 g/mol. The van der Waals surface area contributed by atoms with Crippen LogP contribution in [0.15, 0.2) is 0 Å². The molecule has 0 N–H and O–H groups in total. The maximum Gasteiger partial charge on any atom is 0.239 e. The second-order valence-electron chi connectivity index (χ2n) is 6.22. The lowest BCUT2D eigenvalue weighted by Crippen LogP contribution is -2.46. The lowest BCUT2D eigenvalue weighted by molar-refractivity contribution is 0.0401. The summed E-state index contributed by atoms with van der Waals surface area (Å²) >= 11 is 13.0. The predicted molar refractivity (Wildman–Crippen MR) is 69.5 cm³/mol. The van der Waals surface area contributed by atoms with E-state index in [9.17, 15) is 8.42 Å². The number of hydrogen-bond acceptors (Lipinski definition) is 3. The summed E-state index contributed by atoms with van der Waals surface area (Å²) in [6, 6.07) is 0. The largest absolute Gasteiger partial charge is 0.251 e. The van der Waals surface area contributed by atoms with Gasteiger partial charge in [-0.2, -0.15) is 0 Å². The second kappa shape index (κ2) is 3.03. The summed E-state index contributed by atoms with van der Waals surface area (Å²) in [6.07, 6.45) is 0.668. The number of halogens is 2. The molecular weight excluding hydrogens is 297 g/mol. The molecule has 1 aliphatic carbocycles. The van der Waals surface area contributed by atoms with Gasteiger partial charge in [-0.1, -0.05) is 50.9 Å². The number of hydrogen-bond donors (Lipinski definition) is 0. The molecule has 0 radical (unpaired) electrons. The van der Waals surface area contributed by atoms with Gasteiger partial charge >= 0.3 is 0 Å². The Hall–Kier alpha value is 0.450. The van der Waals surface area contributed by atoms with Gasteiger partial charge in [0.25, 0.3) is 0 Å². The molecule has 0 aromatic heterocycles. The highest BCUT2D eigenvalue weighted by Gasteiger charge is 2.94. The zero-order valence-electron chi connectivity index (χ0n) is 10.8. The highest BCUT2D eigenvalue weighted by atomic mass is 35.5. The van der Waals surface area contributed by atoms with E-state index in [2.05, 4.69) is 0 Å². The fourth-order valence-electron chi connectivity index (χ4n) is 4.16. The van der Waals surface area contributed by atoms with Crippen molar-refractivity contribution in [2.24, 2.45) is 16.7 Å². The molecule has 3 fully saturated rings. The molecule has 0 amide bonds. The zero-order chi connectivity index (χ0) is 13.8. The Bertz CT molecular complexity index is 532. The summed E-state index contributed by atoms with van der Waals surface area (Å²) < 4.78 is 24.1. The minimum Gasteiger partial charge on any atom is -0.251 e. The van der Waals surface area contributed by atoms with Crippen LogP contribution in [0, 0.1) is 16.7 Å². The number of alkyl halides is 2. The Kier molecular flexibility index (Phi) is 2.26. The van der Waals surface area contributed by atoms with Crippen LogP contribution in [0.3, 0.4) is 0 Å². The Morgan fingerprint density at radius 2 is 1.94 bits per heavy atom. The number of rotatable bonds is 1. The molecule has 18 heavy (non-hydrogen) atoms. The third kappa shape index (κ3) is 0.975. The molecule has 0 aromatic carbocycles. The van der Waals surface area contributed by atoms with Crippen molar-refractivity contribution in [3.8, 4) is 0 Å². The number of nitrogens with zero attached hydrogens (tertiary/aromatic N) is 1. The topological polar surface area (TPSA) is 49.7 Å².